The number of hydrogen-bond donors (Lipinski definition) is 1. The first kappa shape index (κ1) is 18.6. The molecule has 0 aliphatic carbocycles. The number of aromatic nitrogens is 2. The van der Waals surface area contributed by atoms with Gasteiger partial charge in [-0.3, -0.25) is 9.59 Å². The number of nitrogens with zero attached hydrogens (tertiary/aromatic N) is 2. The van der Waals surface area contributed by atoms with Gasteiger partial charge in [0.05, 0.1) is 18.3 Å². The van der Waals surface area contributed by atoms with E-state index in [1.807, 2.05) is 68.4 Å². The summed E-state index contributed by atoms with van der Waals surface area (Å²) in [7, 11) is 0. The fraction of sp³-hybridized carbons (Fsp3) is 0.227. The predicted molar refractivity (Wildman–Crippen MR) is 106 cm³/mol. The van der Waals surface area contributed by atoms with Crippen LogP contribution in [0, 0.1) is 6.92 Å². The maximum absolute atomic E-state index is 12.2. The predicted octanol–water partition coefficient (Wildman–Crippen LogP) is 3.49. The van der Waals surface area contributed by atoms with Gasteiger partial charge in [-0.2, -0.15) is 5.10 Å². The van der Waals surface area contributed by atoms with E-state index in [1.54, 1.807) is 6.07 Å². The molecule has 2 aromatic carbocycles. The smallest absolute Gasteiger partial charge is 0.266 e. The summed E-state index contributed by atoms with van der Waals surface area (Å²) in [4.78, 5) is 24.3. The van der Waals surface area contributed by atoms with Crippen molar-refractivity contribution in [2.75, 3.05) is 0 Å². The SMILES string of the molecule is Cc1ccc(-c2ccc(=O)n(CCC(=O)NC(C)c3ccccc3)n2)cc1. The molecule has 3 rings (SSSR count). The third-order valence-corrected chi connectivity index (χ3v) is 4.44. The normalized spacial score (nSPS) is 11.8. The van der Waals surface area contributed by atoms with Crippen LogP contribution in [0.15, 0.2) is 71.5 Å². The van der Waals surface area contributed by atoms with Gasteiger partial charge < -0.3 is 5.32 Å². The number of amides is 1. The Morgan fingerprint density at radius 1 is 1.04 bits per heavy atom. The molecule has 1 unspecified atom stereocenters. The minimum absolute atomic E-state index is 0.0812. The lowest BCUT2D eigenvalue weighted by Crippen LogP contribution is -2.30. The zero-order valence-electron chi connectivity index (χ0n) is 15.6. The molecule has 3 aromatic rings. The molecule has 0 saturated heterocycles. The number of carbonyl (C=O) groups is 1. The highest BCUT2D eigenvalue weighted by molar-refractivity contribution is 5.76. The van der Waals surface area contributed by atoms with Crippen LogP contribution in [-0.2, 0) is 11.3 Å². The quantitative estimate of drug-likeness (QED) is 0.731. The molecule has 1 atom stereocenters. The Morgan fingerprint density at radius 2 is 1.74 bits per heavy atom. The van der Waals surface area contributed by atoms with Crippen LogP contribution in [0.3, 0.4) is 0 Å². The van der Waals surface area contributed by atoms with E-state index in [-0.39, 0.29) is 30.5 Å². The van der Waals surface area contributed by atoms with E-state index in [9.17, 15) is 9.59 Å². The van der Waals surface area contributed by atoms with Crippen molar-refractivity contribution < 1.29 is 4.79 Å². The van der Waals surface area contributed by atoms with E-state index in [0.29, 0.717) is 5.69 Å². The Labute approximate surface area is 158 Å². The van der Waals surface area contributed by atoms with Gasteiger partial charge in [0.15, 0.2) is 0 Å². The zero-order valence-corrected chi connectivity index (χ0v) is 15.6. The van der Waals surface area contributed by atoms with Crippen molar-refractivity contribution in [2.24, 2.45) is 0 Å². The van der Waals surface area contributed by atoms with Crippen molar-refractivity contribution in [1.29, 1.82) is 0 Å². The first-order valence-corrected chi connectivity index (χ1v) is 9.02. The summed E-state index contributed by atoms with van der Waals surface area (Å²) in [6.07, 6.45) is 0.196. The summed E-state index contributed by atoms with van der Waals surface area (Å²) in [5.74, 6) is -0.110. The molecule has 138 valence electrons. The Kier molecular flexibility index (Phi) is 5.81. The Morgan fingerprint density at radius 3 is 2.44 bits per heavy atom. The fourth-order valence-corrected chi connectivity index (χ4v) is 2.83. The summed E-state index contributed by atoms with van der Waals surface area (Å²) < 4.78 is 1.35. The van der Waals surface area contributed by atoms with Gasteiger partial charge in [-0.15, -0.1) is 0 Å². The molecular formula is C22H23N3O2. The third kappa shape index (κ3) is 4.91. The van der Waals surface area contributed by atoms with Crippen LogP contribution < -0.4 is 10.9 Å². The average Bonchev–Trinajstić information content (AvgIpc) is 2.68. The molecule has 0 radical (unpaired) electrons. The molecule has 0 saturated carbocycles. The molecule has 0 bridgehead atoms. The maximum Gasteiger partial charge on any atom is 0.266 e. The molecule has 27 heavy (non-hydrogen) atoms. The summed E-state index contributed by atoms with van der Waals surface area (Å²) in [5, 5.41) is 7.36. The largest absolute Gasteiger partial charge is 0.350 e. The van der Waals surface area contributed by atoms with Gasteiger partial charge in [-0.05, 0) is 25.5 Å². The Hall–Kier alpha value is -3.21. The minimum atomic E-state index is -0.213. The molecule has 1 N–H and O–H groups in total. The molecule has 0 fully saturated rings. The van der Waals surface area contributed by atoms with E-state index in [2.05, 4.69) is 10.4 Å². The molecule has 0 aliphatic rings. The first-order valence-electron chi connectivity index (χ1n) is 9.02. The van der Waals surface area contributed by atoms with Crippen molar-refractivity contribution >= 4 is 5.91 Å². The molecule has 5 heteroatoms. The second-order valence-corrected chi connectivity index (χ2v) is 6.60. The highest BCUT2D eigenvalue weighted by Gasteiger charge is 2.10. The average molecular weight is 361 g/mol. The van der Waals surface area contributed by atoms with Gasteiger partial charge in [0.1, 0.15) is 0 Å². The molecule has 1 heterocycles. The van der Waals surface area contributed by atoms with Crippen LogP contribution in [0.4, 0.5) is 0 Å². The number of benzene rings is 2. The first-order chi connectivity index (χ1) is 13.0. The molecular weight excluding hydrogens is 338 g/mol. The second-order valence-electron chi connectivity index (χ2n) is 6.60. The molecule has 0 aliphatic heterocycles. The fourth-order valence-electron chi connectivity index (χ4n) is 2.83. The monoisotopic (exact) mass is 361 g/mol. The van der Waals surface area contributed by atoms with Crippen LogP contribution >= 0.6 is 0 Å². The maximum atomic E-state index is 12.2. The summed E-state index contributed by atoms with van der Waals surface area (Å²) in [5.41, 5.74) is 3.65. The van der Waals surface area contributed by atoms with Gasteiger partial charge in [0.2, 0.25) is 5.91 Å². The highest BCUT2D eigenvalue weighted by atomic mass is 16.2. The van der Waals surface area contributed by atoms with Gasteiger partial charge >= 0.3 is 0 Å². The minimum Gasteiger partial charge on any atom is -0.350 e. The van der Waals surface area contributed by atoms with Crippen LogP contribution in [0.5, 0.6) is 0 Å². The Bertz CT molecular complexity index is 963. The molecule has 1 amide bonds. The van der Waals surface area contributed by atoms with Crippen molar-refractivity contribution in [3.05, 3.63) is 88.2 Å². The van der Waals surface area contributed by atoms with Crippen molar-refractivity contribution in [2.45, 2.75) is 32.9 Å². The van der Waals surface area contributed by atoms with E-state index in [0.717, 1.165) is 16.7 Å². The molecule has 5 nitrogen and oxygen atoms in total. The standard InChI is InChI=1S/C22H23N3O2/c1-16-8-10-19(11-9-16)20-12-13-22(27)25(24-20)15-14-21(26)23-17(2)18-6-4-3-5-7-18/h3-13,17H,14-15H2,1-2H3,(H,23,26). The third-order valence-electron chi connectivity index (χ3n) is 4.44. The second kappa shape index (κ2) is 8.45. The van der Waals surface area contributed by atoms with Gasteiger partial charge in [0, 0.05) is 18.1 Å². The Balaban J connectivity index is 1.65. The number of aryl methyl sites for hydroxylation is 2. The number of hydrogen-bond acceptors (Lipinski definition) is 3. The van der Waals surface area contributed by atoms with Crippen molar-refractivity contribution in [1.82, 2.24) is 15.1 Å². The van der Waals surface area contributed by atoms with Gasteiger partial charge in [-0.1, -0.05) is 60.2 Å². The van der Waals surface area contributed by atoms with E-state index in [1.165, 1.54) is 10.7 Å². The topological polar surface area (TPSA) is 64.0 Å². The van der Waals surface area contributed by atoms with Crippen molar-refractivity contribution in [3.63, 3.8) is 0 Å². The highest BCUT2D eigenvalue weighted by Crippen LogP contribution is 2.16. The van der Waals surface area contributed by atoms with Crippen LogP contribution in [0.25, 0.3) is 11.3 Å². The lowest BCUT2D eigenvalue weighted by molar-refractivity contribution is -0.122. The van der Waals surface area contributed by atoms with E-state index >= 15 is 0 Å². The van der Waals surface area contributed by atoms with Crippen LogP contribution in [0.2, 0.25) is 0 Å². The van der Waals surface area contributed by atoms with Crippen molar-refractivity contribution in [3.8, 4) is 11.3 Å². The summed E-state index contributed by atoms with van der Waals surface area (Å²) in [6, 6.07) is 20.9. The number of nitrogens with one attached hydrogen (secondary N) is 1. The van der Waals surface area contributed by atoms with Crippen LogP contribution in [0.1, 0.15) is 30.5 Å². The van der Waals surface area contributed by atoms with E-state index < -0.39 is 0 Å². The lowest BCUT2D eigenvalue weighted by Gasteiger charge is -2.14. The lowest BCUT2D eigenvalue weighted by atomic mass is 10.1. The zero-order chi connectivity index (χ0) is 19.2. The van der Waals surface area contributed by atoms with E-state index in [4.69, 9.17) is 0 Å². The summed E-state index contributed by atoms with van der Waals surface area (Å²) >= 11 is 0. The van der Waals surface area contributed by atoms with Crippen LogP contribution in [-0.4, -0.2) is 15.7 Å². The van der Waals surface area contributed by atoms with Gasteiger partial charge in [-0.25, -0.2) is 4.68 Å². The van der Waals surface area contributed by atoms with Gasteiger partial charge in [0.25, 0.3) is 5.56 Å². The molecule has 1 aromatic heterocycles. The summed E-state index contributed by atoms with van der Waals surface area (Å²) in [6.45, 7) is 4.20. The molecule has 0 spiro atoms. The number of rotatable bonds is 6. The number of carbonyl (C=O) groups excluding carboxylic acids is 1.